The maximum Gasteiger partial charge on any atom is 0.263 e. The van der Waals surface area contributed by atoms with Gasteiger partial charge in [-0.15, -0.1) is 29.3 Å². The second-order valence-corrected chi connectivity index (χ2v) is 13.2. The van der Waals surface area contributed by atoms with Crippen LogP contribution in [-0.4, -0.2) is 52.5 Å². The molecule has 0 unspecified atom stereocenters. The highest BCUT2D eigenvalue weighted by Crippen LogP contribution is 2.38. The SMILES string of the molecule is C=CCn1c(SCC(=O)Nc2sc3c(c2C(N)=O)CCCC3)nc2sc3c(c2c1=O)CCCCC3.CN(C)C=O. The summed E-state index contributed by atoms with van der Waals surface area (Å²) in [6.07, 6.45) is 11.6. The lowest BCUT2D eigenvalue weighted by molar-refractivity contribution is -0.116. The summed E-state index contributed by atoms with van der Waals surface area (Å²) in [7, 11) is 3.38. The third kappa shape index (κ3) is 6.67. The molecule has 0 aromatic carbocycles. The van der Waals surface area contributed by atoms with Crippen molar-refractivity contribution < 1.29 is 14.4 Å². The molecule has 3 heterocycles. The second-order valence-electron chi connectivity index (χ2n) is 10.0. The van der Waals surface area contributed by atoms with Gasteiger partial charge in [0.15, 0.2) is 5.16 Å². The number of thiophene rings is 2. The molecule has 0 radical (unpaired) electrons. The zero-order valence-corrected chi connectivity index (χ0v) is 25.4. The summed E-state index contributed by atoms with van der Waals surface area (Å²) in [5.41, 5.74) is 8.19. The minimum Gasteiger partial charge on any atom is -0.365 e. The molecule has 0 saturated carbocycles. The van der Waals surface area contributed by atoms with E-state index in [9.17, 15) is 19.2 Å². The van der Waals surface area contributed by atoms with Gasteiger partial charge in [0.05, 0.1) is 16.7 Å². The maximum atomic E-state index is 13.5. The van der Waals surface area contributed by atoms with Crippen LogP contribution >= 0.6 is 34.4 Å². The fourth-order valence-electron chi connectivity index (χ4n) is 5.00. The number of carbonyl (C=O) groups is 3. The Morgan fingerprint density at radius 2 is 1.70 bits per heavy atom. The van der Waals surface area contributed by atoms with Crippen molar-refractivity contribution in [2.24, 2.45) is 5.73 Å². The minimum atomic E-state index is -0.503. The Balaban J connectivity index is 0.000000681. The fourth-order valence-corrected chi connectivity index (χ4v) is 8.43. The third-order valence-electron chi connectivity index (χ3n) is 6.82. The molecule has 2 aliphatic carbocycles. The lowest BCUT2D eigenvalue weighted by Gasteiger charge is -2.11. The van der Waals surface area contributed by atoms with Gasteiger partial charge in [-0.2, -0.15) is 0 Å². The van der Waals surface area contributed by atoms with Crippen molar-refractivity contribution >= 4 is 67.9 Å². The number of primary amides is 1. The molecule has 214 valence electrons. The summed E-state index contributed by atoms with van der Waals surface area (Å²) in [6.45, 7) is 4.13. The molecule has 3 aromatic rings. The molecule has 9 nitrogen and oxygen atoms in total. The number of rotatable bonds is 8. The van der Waals surface area contributed by atoms with Gasteiger partial charge in [-0.25, -0.2) is 4.98 Å². The maximum absolute atomic E-state index is 13.5. The summed E-state index contributed by atoms with van der Waals surface area (Å²) in [4.78, 5) is 57.3. The van der Waals surface area contributed by atoms with E-state index < -0.39 is 5.91 Å². The Hall–Kier alpha value is -2.96. The normalized spacial score (nSPS) is 14.2. The van der Waals surface area contributed by atoms with Crippen molar-refractivity contribution in [3.05, 3.63) is 49.5 Å². The smallest absolute Gasteiger partial charge is 0.263 e. The van der Waals surface area contributed by atoms with Crippen LogP contribution in [0.3, 0.4) is 0 Å². The highest BCUT2D eigenvalue weighted by atomic mass is 32.2. The van der Waals surface area contributed by atoms with Crippen molar-refractivity contribution in [3.63, 3.8) is 0 Å². The molecule has 40 heavy (non-hydrogen) atoms. The fraction of sp³-hybridized carbons (Fsp3) is 0.464. The summed E-state index contributed by atoms with van der Waals surface area (Å²) >= 11 is 4.29. The van der Waals surface area contributed by atoms with Crippen LogP contribution in [0.1, 0.15) is 63.3 Å². The van der Waals surface area contributed by atoms with E-state index >= 15 is 0 Å². The number of thioether (sulfide) groups is 1. The number of aromatic nitrogens is 2. The predicted molar refractivity (Wildman–Crippen MR) is 164 cm³/mol. The average molecular weight is 602 g/mol. The van der Waals surface area contributed by atoms with Crippen LogP contribution in [0, 0.1) is 0 Å². The Morgan fingerprint density at radius 3 is 2.38 bits per heavy atom. The number of nitrogens with zero attached hydrogens (tertiary/aromatic N) is 3. The highest BCUT2D eigenvalue weighted by molar-refractivity contribution is 7.99. The molecule has 0 saturated heterocycles. The molecule has 3 aromatic heterocycles. The molecule has 3 amide bonds. The largest absolute Gasteiger partial charge is 0.365 e. The van der Waals surface area contributed by atoms with Crippen LogP contribution in [0.25, 0.3) is 10.2 Å². The standard InChI is InChI=1S/C25H28N4O3S3.C3H7NO/c1-2-12-29-24(32)20-15-8-4-3-5-10-17(15)35-23(20)28-25(29)33-13-18(30)27-22-19(21(26)31)14-9-6-7-11-16(14)34-22;1-4(2)3-5/h2H,1,3-13H2,(H2,26,31)(H,27,30);3H,1-2H3. The van der Waals surface area contributed by atoms with E-state index in [0.29, 0.717) is 22.3 Å². The van der Waals surface area contributed by atoms with Gasteiger partial charge in [-0.1, -0.05) is 24.3 Å². The predicted octanol–water partition coefficient (Wildman–Crippen LogP) is 4.39. The van der Waals surface area contributed by atoms with E-state index in [4.69, 9.17) is 10.7 Å². The quantitative estimate of drug-likeness (QED) is 0.130. The molecule has 0 atom stereocenters. The zero-order valence-electron chi connectivity index (χ0n) is 22.9. The number of nitrogens with one attached hydrogen (secondary N) is 1. The first-order chi connectivity index (χ1) is 19.2. The van der Waals surface area contributed by atoms with Gasteiger partial charge in [0, 0.05) is 30.4 Å². The van der Waals surface area contributed by atoms with E-state index in [2.05, 4.69) is 11.9 Å². The Kier molecular flexibility index (Phi) is 10.2. The molecule has 12 heteroatoms. The topological polar surface area (TPSA) is 127 Å². The van der Waals surface area contributed by atoms with E-state index in [1.54, 1.807) is 36.1 Å². The number of anilines is 1. The molecule has 0 bridgehead atoms. The molecule has 3 N–H and O–H groups in total. The van der Waals surface area contributed by atoms with Gasteiger partial charge in [-0.05, 0) is 62.5 Å². The number of hydrogen-bond acceptors (Lipinski definition) is 8. The average Bonchev–Trinajstić information content (AvgIpc) is 3.38. The third-order valence-corrected chi connectivity index (χ3v) is 10.2. The van der Waals surface area contributed by atoms with Crippen molar-refractivity contribution in [2.75, 3.05) is 25.2 Å². The highest BCUT2D eigenvalue weighted by Gasteiger charge is 2.26. The number of aryl methyl sites for hydroxylation is 3. The number of fused-ring (bicyclic) bond motifs is 4. The summed E-state index contributed by atoms with van der Waals surface area (Å²) < 4.78 is 1.61. The van der Waals surface area contributed by atoms with E-state index in [1.165, 1.54) is 39.3 Å². The van der Waals surface area contributed by atoms with Crippen LogP contribution in [0.15, 0.2) is 22.6 Å². The van der Waals surface area contributed by atoms with Crippen molar-refractivity contribution in [2.45, 2.75) is 69.5 Å². The number of allylic oxidation sites excluding steroid dienone is 1. The molecule has 0 fully saturated rings. The van der Waals surface area contributed by atoms with Crippen LogP contribution < -0.4 is 16.6 Å². The monoisotopic (exact) mass is 601 g/mol. The van der Waals surface area contributed by atoms with Gasteiger partial charge in [0.1, 0.15) is 9.83 Å². The lowest BCUT2D eigenvalue weighted by Crippen LogP contribution is -2.24. The molecule has 0 spiro atoms. The van der Waals surface area contributed by atoms with E-state index in [1.807, 2.05) is 0 Å². The lowest BCUT2D eigenvalue weighted by atomic mass is 9.95. The van der Waals surface area contributed by atoms with E-state index in [0.717, 1.165) is 84.0 Å². The first-order valence-corrected chi connectivity index (χ1v) is 16.0. The minimum absolute atomic E-state index is 0.0563. The number of amides is 3. The number of nitrogens with two attached hydrogens (primary N) is 1. The summed E-state index contributed by atoms with van der Waals surface area (Å²) in [5.74, 6) is -0.685. The van der Waals surface area contributed by atoms with Crippen molar-refractivity contribution in [1.29, 1.82) is 0 Å². The first kappa shape index (κ1) is 30.0. The van der Waals surface area contributed by atoms with Gasteiger partial charge in [-0.3, -0.25) is 23.7 Å². The van der Waals surface area contributed by atoms with Gasteiger partial charge < -0.3 is 16.0 Å². The number of hydrogen-bond donors (Lipinski definition) is 2. The van der Waals surface area contributed by atoms with E-state index in [-0.39, 0.29) is 17.2 Å². The Morgan fingerprint density at radius 1 is 1.07 bits per heavy atom. The van der Waals surface area contributed by atoms with Crippen LogP contribution in [0.2, 0.25) is 0 Å². The second kappa shape index (κ2) is 13.6. The van der Waals surface area contributed by atoms with Crippen LogP contribution in [-0.2, 0) is 41.8 Å². The molecule has 5 rings (SSSR count). The van der Waals surface area contributed by atoms with Gasteiger partial charge in [0.25, 0.3) is 11.5 Å². The van der Waals surface area contributed by atoms with Crippen LogP contribution in [0.4, 0.5) is 5.00 Å². The van der Waals surface area contributed by atoms with Crippen LogP contribution in [0.5, 0.6) is 0 Å². The molecule has 0 aliphatic heterocycles. The summed E-state index contributed by atoms with van der Waals surface area (Å²) in [5, 5.41) is 4.67. The zero-order chi connectivity index (χ0) is 28.8. The molecule has 2 aliphatic rings. The van der Waals surface area contributed by atoms with Gasteiger partial charge >= 0.3 is 0 Å². The van der Waals surface area contributed by atoms with Crippen molar-refractivity contribution in [1.82, 2.24) is 14.5 Å². The molecular formula is C28H35N5O4S3. The van der Waals surface area contributed by atoms with Gasteiger partial charge in [0.2, 0.25) is 12.3 Å². The molecular weight excluding hydrogens is 567 g/mol. The number of carbonyl (C=O) groups excluding carboxylic acids is 3. The summed E-state index contributed by atoms with van der Waals surface area (Å²) in [6, 6.07) is 0. The Bertz CT molecular complexity index is 1490. The van der Waals surface area contributed by atoms with Crippen molar-refractivity contribution in [3.8, 4) is 0 Å². The first-order valence-electron chi connectivity index (χ1n) is 13.4. The Labute approximate surface area is 245 Å².